The number of thiocarbonyl (C=S) groups is 1. The van der Waals surface area contributed by atoms with Gasteiger partial charge in [0.05, 0.1) is 17.1 Å². The Morgan fingerprint density at radius 2 is 1.69 bits per heavy atom. The number of carbonyl (C=O) groups is 2. The van der Waals surface area contributed by atoms with Crippen molar-refractivity contribution in [2.24, 2.45) is 0 Å². The van der Waals surface area contributed by atoms with Gasteiger partial charge in [-0.25, -0.2) is 0 Å². The van der Waals surface area contributed by atoms with Crippen molar-refractivity contribution in [3.05, 3.63) is 82.9 Å². The molecule has 5 nitrogen and oxygen atoms in total. The second kappa shape index (κ2) is 8.09. The van der Waals surface area contributed by atoms with Crippen molar-refractivity contribution in [2.45, 2.75) is 9.79 Å². The molecule has 1 saturated heterocycles. The van der Waals surface area contributed by atoms with E-state index >= 15 is 0 Å². The molecule has 0 saturated carbocycles. The average Bonchev–Trinajstić information content (AvgIpc) is 2.78. The van der Waals surface area contributed by atoms with Crippen LogP contribution < -0.4 is 15.1 Å². The highest BCUT2D eigenvalue weighted by Crippen LogP contribution is 2.47. The molecule has 3 aromatic rings. The third-order valence-corrected chi connectivity index (χ3v) is 6.94. The molecule has 1 N–H and O–H groups in total. The van der Waals surface area contributed by atoms with Crippen LogP contribution in [-0.2, 0) is 9.59 Å². The molecule has 2 heterocycles. The molecular formula is C24H16ClN3O2S2. The summed E-state index contributed by atoms with van der Waals surface area (Å²) in [5.74, 6) is -0.994. The molecule has 2 amide bonds. The highest BCUT2D eigenvalue weighted by atomic mass is 35.5. The first-order chi connectivity index (χ1) is 15.4. The van der Waals surface area contributed by atoms with Crippen LogP contribution >= 0.6 is 35.6 Å². The van der Waals surface area contributed by atoms with Crippen LogP contribution in [0.25, 0.3) is 6.08 Å². The van der Waals surface area contributed by atoms with Gasteiger partial charge in [0.25, 0.3) is 11.8 Å². The van der Waals surface area contributed by atoms with Crippen molar-refractivity contribution in [1.82, 2.24) is 5.32 Å². The number of anilines is 3. The molecule has 3 aromatic carbocycles. The van der Waals surface area contributed by atoms with Crippen molar-refractivity contribution >= 4 is 75.6 Å². The molecule has 0 aromatic heterocycles. The summed E-state index contributed by atoms with van der Waals surface area (Å²) in [7, 11) is 2.03. The van der Waals surface area contributed by atoms with Crippen molar-refractivity contribution in [3.8, 4) is 0 Å². The van der Waals surface area contributed by atoms with Crippen molar-refractivity contribution in [3.63, 3.8) is 0 Å². The Morgan fingerprint density at radius 1 is 0.969 bits per heavy atom. The predicted molar refractivity (Wildman–Crippen MR) is 133 cm³/mol. The fourth-order valence-corrected chi connectivity index (χ4v) is 5.30. The normalized spacial score (nSPS) is 16.7. The summed E-state index contributed by atoms with van der Waals surface area (Å²) in [5, 5.41) is 3.19. The summed E-state index contributed by atoms with van der Waals surface area (Å²) in [6, 6.07) is 20.8. The quantitative estimate of drug-likeness (QED) is 0.304. The first-order valence-electron chi connectivity index (χ1n) is 9.74. The number of halogens is 1. The largest absolute Gasteiger partial charge is 0.343 e. The summed E-state index contributed by atoms with van der Waals surface area (Å²) >= 11 is 12.9. The van der Waals surface area contributed by atoms with Gasteiger partial charge in [-0.2, -0.15) is 0 Å². The van der Waals surface area contributed by atoms with Gasteiger partial charge in [-0.1, -0.05) is 41.6 Å². The fourth-order valence-electron chi connectivity index (χ4n) is 3.70. The van der Waals surface area contributed by atoms with Gasteiger partial charge in [-0.15, -0.1) is 0 Å². The van der Waals surface area contributed by atoms with E-state index in [0.717, 1.165) is 26.7 Å². The van der Waals surface area contributed by atoms with Gasteiger partial charge < -0.3 is 4.90 Å². The molecular weight excluding hydrogens is 462 g/mol. The number of para-hydroxylation sites is 1. The van der Waals surface area contributed by atoms with Gasteiger partial charge in [0.1, 0.15) is 5.57 Å². The highest BCUT2D eigenvalue weighted by Gasteiger charge is 2.34. The van der Waals surface area contributed by atoms with Crippen LogP contribution in [0, 0.1) is 0 Å². The van der Waals surface area contributed by atoms with E-state index in [1.807, 2.05) is 37.4 Å². The van der Waals surface area contributed by atoms with Gasteiger partial charge in [0, 0.05) is 21.9 Å². The summed E-state index contributed by atoms with van der Waals surface area (Å²) in [4.78, 5) is 31.4. The topological polar surface area (TPSA) is 52.7 Å². The van der Waals surface area contributed by atoms with Crippen molar-refractivity contribution in [1.29, 1.82) is 0 Å². The Bertz CT molecular complexity index is 1320. The van der Waals surface area contributed by atoms with Crippen LogP contribution in [0.2, 0.25) is 5.02 Å². The lowest BCUT2D eigenvalue weighted by atomic mass is 10.1. The van der Waals surface area contributed by atoms with Crippen LogP contribution in [0.5, 0.6) is 0 Å². The van der Waals surface area contributed by atoms with Gasteiger partial charge in [-0.05, 0) is 72.4 Å². The summed E-state index contributed by atoms with van der Waals surface area (Å²) in [5.41, 5.74) is 3.52. The number of fused-ring (bicyclic) bond motifs is 2. The molecule has 158 valence electrons. The van der Waals surface area contributed by atoms with E-state index in [0.29, 0.717) is 10.7 Å². The molecule has 0 atom stereocenters. The molecule has 0 unspecified atom stereocenters. The minimum Gasteiger partial charge on any atom is -0.343 e. The predicted octanol–water partition coefficient (Wildman–Crippen LogP) is 5.40. The van der Waals surface area contributed by atoms with Crippen LogP contribution in [-0.4, -0.2) is 24.0 Å². The first kappa shape index (κ1) is 20.8. The Kier molecular flexibility index (Phi) is 5.25. The van der Waals surface area contributed by atoms with Gasteiger partial charge >= 0.3 is 0 Å². The van der Waals surface area contributed by atoms with E-state index in [-0.39, 0.29) is 10.7 Å². The number of nitrogens with zero attached hydrogens (tertiary/aromatic N) is 2. The first-order valence-corrected chi connectivity index (χ1v) is 11.3. The molecule has 5 rings (SSSR count). The van der Waals surface area contributed by atoms with E-state index in [1.165, 1.54) is 4.90 Å². The maximum Gasteiger partial charge on any atom is 0.270 e. The van der Waals surface area contributed by atoms with Gasteiger partial charge in [0.2, 0.25) is 0 Å². The maximum absolute atomic E-state index is 13.2. The average molecular weight is 478 g/mol. The highest BCUT2D eigenvalue weighted by molar-refractivity contribution is 7.99. The third kappa shape index (κ3) is 3.58. The number of amides is 2. The molecule has 0 bridgehead atoms. The van der Waals surface area contributed by atoms with E-state index in [2.05, 4.69) is 22.3 Å². The SMILES string of the molecule is CN1c2ccccc2Sc2cc(/C=C3/C(=O)NC(=S)N(c4ccc(Cl)cc4)C3=O)ccc21. The van der Waals surface area contributed by atoms with E-state index in [9.17, 15) is 9.59 Å². The van der Waals surface area contributed by atoms with Gasteiger partial charge in [0.15, 0.2) is 5.11 Å². The Morgan fingerprint density at radius 3 is 2.47 bits per heavy atom. The zero-order chi connectivity index (χ0) is 22.4. The lowest BCUT2D eigenvalue weighted by molar-refractivity contribution is -0.122. The summed E-state index contributed by atoms with van der Waals surface area (Å²) in [6.07, 6.45) is 1.60. The van der Waals surface area contributed by atoms with Crippen molar-refractivity contribution < 1.29 is 9.59 Å². The number of nitrogens with one attached hydrogen (secondary N) is 1. The minimum atomic E-state index is -0.516. The summed E-state index contributed by atoms with van der Waals surface area (Å²) < 4.78 is 0. The van der Waals surface area contributed by atoms with Crippen LogP contribution in [0.15, 0.2) is 82.1 Å². The molecule has 1 fully saturated rings. The molecule has 2 aliphatic heterocycles. The zero-order valence-electron chi connectivity index (χ0n) is 16.8. The molecule has 0 aliphatic carbocycles. The van der Waals surface area contributed by atoms with Crippen LogP contribution in [0.3, 0.4) is 0 Å². The molecule has 32 heavy (non-hydrogen) atoms. The summed E-state index contributed by atoms with van der Waals surface area (Å²) in [6.45, 7) is 0. The maximum atomic E-state index is 13.2. The van der Waals surface area contributed by atoms with E-state index in [1.54, 1.807) is 42.1 Å². The second-order valence-corrected chi connectivity index (χ2v) is 9.20. The number of hydrogen-bond donors (Lipinski definition) is 1. The molecule has 8 heteroatoms. The van der Waals surface area contributed by atoms with Crippen LogP contribution in [0.4, 0.5) is 17.1 Å². The van der Waals surface area contributed by atoms with Crippen molar-refractivity contribution in [2.75, 3.05) is 16.8 Å². The Hall–Kier alpha value is -3.13. The third-order valence-electron chi connectivity index (χ3n) is 5.29. The monoisotopic (exact) mass is 477 g/mol. The number of benzene rings is 3. The lowest BCUT2D eigenvalue weighted by Gasteiger charge is -2.30. The molecule has 0 spiro atoms. The number of rotatable bonds is 2. The zero-order valence-corrected chi connectivity index (χ0v) is 19.2. The van der Waals surface area contributed by atoms with E-state index < -0.39 is 11.8 Å². The molecule has 0 radical (unpaired) electrons. The standard InChI is InChI=1S/C24H16ClN3O2S2/c1-27-18-4-2-3-5-20(18)32-21-13-14(6-11-19(21)27)12-17-22(29)26-24(31)28(23(17)30)16-9-7-15(25)8-10-16/h2-13H,1H3,(H,26,29,31)/b17-12-. The Labute approximate surface area is 199 Å². The van der Waals surface area contributed by atoms with Crippen LogP contribution in [0.1, 0.15) is 5.56 Å². The second-order valence-electron chi connectivity index (χ2n) is 7.29. The lowest BCUT2D eigenvalue weighted by Crippen LogP contribution is -2.54. The Balaban J connectivity index is 1.50. The smallest absolute Gasteiger partial charge is 0.270 e. The number of hydrogen-bond acceptors (Lipinski definition) is 5. The van der Waals surface area contributed by atoms with Gasteiger partial charge in [-0.3, -0.25) is 19.8 Å². The van der Waals surface area contributed by atoms with E-state index in [4.69, 9.17) is 23.8 Å². The fraction of sp³-hybridized carbons (Fsp3) is 0.0417. The molecule has 2 aliphatic rings. The minimum absolute atomic E-state index is 0.0167. The number of carbonyl (C=O) groups excluding carboxylic acids is 2.